The van der Waals surface area contributed by atoms with E-state index in [0.29, 0.717) is 23.7 Å². The first-order chi connectivity index (χ1) is 8.69. The van der Waals surface area contributed by atoms with Gasteiger partial charge in [-0.2, -0.15) is 5.26 Å². The number of ether oxygens (including phenoxy) is 1. The Morgan fingerprint density at radius 3 is 3.00 bits per heavy atom. The van der Waals surface area contributed by atoms with Crippen LogP contribution < -0.4 is 15.8 Å². The fourth-order valence-corrected chi connectivity index (χ4v) is 1.65. The van der Waals surface area contributed by atoms with E-state index in [4.69, 9.17) is 27.3 Å². The van der Waals surface area contributed by atoms with Crippen molar-refractivity contribution in [2.75, 3.05) is 19.7 Å². The molecule has 0 spiro atoms. The second-order valence-corrected chi connectivity index (χ2v) is 3.89. The third-order valence-electron chi connectivity index (χ3n) is 2.19. The maximum absolute atomic E-state index is 11.3. The lowest BCUT2D eigenvalue weighted by molar-refractivity contribution is -0.122. The van der Waals surface area contributed by atoms with Gasteiger partial charge in [0, 0.05) is 10.6 Å². The van der Waals surface area contributed by atoms with E-state index in [9.17, 15) is 4.79 Å². The summed E-state index contributed by atoms with van der Waals surface area (Å²) in [5, 5.41) is 11.3. The standard InChI is InChI=1S/C12H14ClN3O2/c13-10-2-1-3-11(9(10)4-5-14)18-8-12(17)16-7-6-15/h1-3H,4-5,7-8,14H2,(H,16,17). The van der Waals surface area contributed by atoms with Gasteiger partial charge in [0.15, 0.2) is 6.61 Å². The Balaban J connectivity index is 2.64. The van der Waals surface area contributed by atoms with Gasteiger partial charge in [-0.15, -0.1) is 0 Å². The zero-order valence-corrected chi connectivity index (χ0v) is 10.5. The molecule has 0 aliphatic rings. The van der Waals surface area contributed by atoms with E-state index in [1.54, 1.807) is 18.2 Å². The first kappa shape index (κ1) is 14.3. The van der Waals surface area contributed by atoms with Gasteiger partial charge < -0.3 is 15.8 Å². The molecule has 0 radical (unpaired) electrons. The summed E-state index contributed by atoms with van der Waals surface area (Å²) in [4.78, 5) is 11.3. The van der Waals surface area contributed by atoms with Crippen LogP contribution in [0.5, 0.6) is 5.75 Å². The molecule has 1 aromatic rings. The maximum atomic E-state index is 11.3. The lowest BCUT2D eigenvalue weighted by Gasteiger charge is -2.11. The van der Waals surface area contributed by atoms with E-state index < -0.39 is 0 Å². The Morgan fingerprint density at radius 2 is 2.33 bits per heavy atom. The van der Waals surface area contributed by atoms with Gasteiger partial charge in [0.2, 0.25) is 0 Å². The molecule has 18 heavy (non-hydrogen) atoms. The Morgan fingerprint density at radius 1 is 1.56 bits per heavy atom. The number of halogens is 1. The number of nitrogens with one attached hydrogen (secondary N) is 1. The van der Waals surface area contributed by atoms with Crippen LogP contribution in [-0.4, -0.2) is 25.6 Å². The van der Waals surface area contributed by atoms with Gasteiger partial charge in [0.1, 0.15) is 12.3 Å². The Kier molecular flexibility index (Phi) is 5.98. The molecular formula is C12H14ClN3O2. The number of carbonyl (C=O) groups is 1. The molecule has 3 N–H and O–H groups in total. The third-order valence-corrected chi connectivity index (χ3v) is 2.55. The summed E-state index contributed by atoms with van der Waals surface area (Å²) >= 11 is 6.03. The highest BCUT2D eigenvalue weighted by atomic mass is 35.5. The van der Waals surface area contributed by atoms with Crippen LogP contribution in [0.25, 0.3) is 0 Å². The Bertz CT molecular complexity index is 457. The summed E-state index contributed by atoms with van der Waals surface area (Å²) < 4.78 is 5.37. The molecule has 0 heterocycles. The smallest absolute Gasteiger partial charge is 0.258 e. The molecule has 5 nitrogen and oxygen atoms in total. The average Bonchev–Trinajstić information content (AvgIpc) is 2.37. The van der Waals surface area contributed by atoms with Crippen molar-refractivity contribution in [3.63, 3.8) is 0 Å². The van der Waals surface area contributed by atoms with Crippen molar-refractivity contribution in [2.45, 2.75) is 6.42 Å². The number of amides is 1. The van der Waals surface area contributed by atoms with Crippen LogP contribution >= 0.6 is 11.6 Å². The predicted molar refractivity (Wildman–Crippen MR) is 68.3 cm³/mol. The van der Waals surface area contributed by atoms with E-state index in [0.717, 1.165) is 5.56 Å². The predicted octanol–water partition coefficient (Wildman–Crippen LogP) is 0.860. The van der Waals surface area contributed by atoms with E-state index >= 15 is 0 Å². The number of hydrogen-bond donors (Lipinski definition) is 2. The number of carbonyl (C=O) groups excluding carboxylic acids is 1. The van der Waals surface area contributed by atoms with Crippen LogP contribution in [0.1, 0.15) is 5.56 Å². The van der Waals surface area contributed by atoms with Gasteiger partial charge in [-0.1, -0.05) is 17.7 Å². The lowest BCUT2D eigenvalue weighted by Crippen LogP contribution is -2.29. The van der Waals surface area contributed by atoms with Crippen LogP contribution in [0.15, 0.2) is 18.2 Å². The number of nitriles is 1. The minimum Gasteiger partial charge on any atom is -0.483 e. The first-order valence-electron chi connectivity index (χ1n) is 5.43. The Labute approximate surface area is 110 Å². The second kappa shape index (κ2) is 7.54. The second-order valence-electron chi connectivity index (χ2n) is 3.48. The largest absolute Gasteiger partial charge is 0.483 e. The van der Waals surface area contributed by atoms with Crippen LogP contribution in [0.4, 0.5) is 0 Å². The molecule has 6 heteroatoms. The summed E-state index contributed by atoms with van der Waals surface area (Å²) in [6.07, 6.45) is 0.578. The van der Waals surface area contributed by atoms with Crippen LogP contribution in [0, 0.1) is 11.3 Å². The zero-order valence-electron chi connectivity index (χ0n) is 9.78. The number of benzene rings is 1. The molecule has 96 valence electrons. The molecule has 0 unspecified atom stereocenters. The molecule has 1 amide bonds. The SMILES string of the molecule is N#CCNC(=O)COc1cccc(Cl)c1CCN. The third kappa shape index (κ3) is 4.24. The monoisotopic (exact) mass is 267 g/mol. The molecule has 0 aliphatic heterocycles. The number of nitrogens with two attached hydrogens (primary N) is 1. The summed E-state index contributed by atoms with van der Waals surface area (Å²) in [7, 11) is 0. The van der Waals surface area contributed by atoms with Crippen molar-refractivity contribution in [3.05, 3.63) is 28.8 Å². The number of nitrogens with zero attached hydrogens (tertiary/aromatic N) is 1. The summed E-state index contributed by atoms with van der Waals surface area (Å²) in [5.74, 6) is 0.190. The minimum atomic E-state index is -0.352. The van der Waals surface area contributed by atoms with Gasteiger partial charge in [-0.05, 0) is 25.1 Å². The molecule has 0 bridgehead atoms. The number of hydrogen-bond acceptors (Lipinski definition) is 4. The fraction of sp³-hybridized carbons (Fsp3) is 0.333. The highest BCUT2D eigenvalue weighted by Gasteiger charge is 2.09. The highest BCUT2D eigenvalue weighted by molar-refractivity contribution is 6.31. The van der Waals surface area contributed by atoms with Crippen molar-refractivity contribution in [1.82, 2.24) is 5.32 Å². The molecule has 0 aliphatic carbocycles. The normalized spacial score (nSPS) is 9.61. The van der Waals surface area contributed by atoms with Crippen LogP contribution in [-0.2, 0) is 11.2 Å². The van der Waals surface area contributed by atoms with Crippen molar-refractivity contribution in [2.24, 2.45) is 5.73 Å². The number of rotatable bonds is 6. The van der Waals surface area contributed by atoms with Crippen LogP contribution in [0.2, 0.25) is 5.02 Å². The van der Waals surface area contributed by atoms with Gasteiger partial charge in [0.05, 0.1) is 6.07 Å². The highest BCUT2D eigenvalue weighted by Crippen LogP contribution is 2.26. The fourth-order valence-electron chi connectivity index (χ4n) is 1.39. The van der Waals surface area contributed by atoms with Crippen molar-refractivity contribution >= 4 is 17.5 Å². The van der Waals surface area contributed by atoms with Gasteiger partial charge in [-0.25, -0.2) is 0 Å². The maximum Gasteiger partial charge on any atom is 0.258 e. The van der Waals surface area contributed by atoms with Crippen molar-refractivity contribution in [1.29, 1.82) is 5.26 Å². The quantitative estimate of drug-likeness (QED) is 0.748. The molecular weight excluding hydrogens is 254 g/mol. The van der Waals surface area contributed by atoms with E-state index in [1.165, 1.54) is 0 Å². The topological polar surface area (TPSA) is 88.1 Å². The summed E-state index contributed by atoms with van der Waals surface area (Å²) in [6, 6.07) is 7.03. The van der Waals surface area contributed by atoms with Gasteiger partial charge >= 0.3 is 0 Å². The van der Waals surface area contributed by atoms with Crippen LogP contribution in [0.3, 0.4) is 0 Å². The first-order valence-corrected chi connectivity index (χ1v) is 5.80. The summed E-state index contributed by atoms with van der Waals surface area (Å²) in [5.41, 5.74) is 6.28. The molecule has 0 saturated heterocycles. The zero-order chi connectivity index (χ0) is 13.4. The van der Waals surface area contributed by atoms with Crippen molar-refractivity contribution < 1.29 is 9.53 Å². The summed E-state index contributed by atoms with van der Waals surface area (Å²) in [6.45, 7) is 0.258. The van der Waals surface area contributed by atoms with Crippen molar-refractivity contribution in [3.8, 4) is 11.8 Å². The molecule has 1 rings (SSSR count). The molecule has 0 saturated carbocycles. The Hall–Kier alpha value is -1.77. The van der Waals surface area contributed by atoms with Gasteiger partial charge in [0.25, 0.3) is 5.91 Å². The molecule has 0 aromatic heterocycles. The van der Waals surface area contributed by atoms with E-state index in [2.05, 4.69) is 5.32 Å². The van der Waals surface area contributed by atoms with E-state index in [-0.39, 0.29) is 19.1 Å². The van der Waals surface area contributed by atoms with Gasteiger partial charge in [-0.3, -0.25) is 4.79 Å². The molecule has 0 fully saturated rings. The average molecular weight is 268 g/mol. The lowest BCUT2D eigenvalue weighted by atomic mass is 10.1. The molecule has 1 aromatic carbocycles. The molecule has 0 atom stereocenters. The minimum absolute atomic E-state index is 0.0343. The van der Waals surface area contributed by atoms with E-state index in [1.807, 2.05) is 6.07 Å².